The molecule has 5 nitrogen and oxygen atoms in total. The average molecular weight is 289 g/mol. The van der Waals surface area contributed by atoms with Gasteiger partial charge in [-0.25, -0.2) is 0 Å². The molecule has 3 N–H and O–H groups in total. The van der Waals surface area contributed by atoms with E-state index in [4.69, 9.17) is 5.73 Å². The summed E-state index contributed by atoms with van der Waals surface area (Å²) in [5.41, 5.74) is 7.50. The fourth-order valence-electron chi connectivity index (χ4n) is 2.47. The summed E-state index contributed by atoms with van der Waals surface area (Å²) in [5, 5.41) is 2.70. The lowest BCUT2D eigenvalue weighted by Gasteiger charge is -2.26. The Morgan fingerprint density at radius 3 is 2.29 bits per heavy atom. The van der Waals surface area contributed by atoms with Crippen molar-refractivity contribution in [1.29, 1.82) is 0 Å². The van der Waals surface area contributed by atoms with Crippen LogP contribution in [0.5, 0.6) is 0 Å². The molecule has 0 spiro atoms. The van der Waals surface area contributed by atoms with E-state index in [1.165, 1.54) is 6.42 Å². The maximum atomic E-state index is 11.9. The van der Waals surface area contributed by atoms with E-state index in [1.807, 2.05) is 29.2 Å². The van der Waals surface area contributed by atoms with Crippen LogP contribution in [0, 0.1) is 0 Å². The lowest BCUT2D eigenvalue weighted by atomic mass is 10.1. The van der Waals surface area contributed by atoms with Crippen molar-refractivity contribution in [1.82, 2.24) is 10.2 Å². The summed E-state index contributed by atoms with van der Waals surface area (Å²) in [6.45, 7) is 2.22. The second-order valence-corrected chi connectivity index (χ2v) is 5.42. The van der Waals surface area contributed by atoms with Gasteiger partial charge in [-0.2, -0.15) is 0 Å². The van der Waals surface area contributed by atoms with Gasteiger partial charge in [0.25, 0.3) is 0 Å². The van der Waals surface area contributed by atoms with E-state index < -0.39 is 0 Å². The third-order valence-electron chi connectivity index (χ3n) is 3.77. The first-order valence-electron chi connectivity index (χ1n) is 7.51. The summed E-state index contributed by atoms with van der Waals surface area (Å²) in [6, 6.07) is 7.63. The zero-order valence-electron chi connectivity index (χ0n) is 12.3. The van der Waals surface area contributed by atoms with Gasteiger partial charge in [-0.15, -0.1) is 0 Å². The number of carbonyl (C=O) groups excluding carboxylic acids is 2. The van der Waals surface area contributed by atoms with E-state index in [-0.39, 0.29) is 24.8 Å². The SMILES string of the molecule is NCc1ccc(CC(=O)NCC(=O)N2CCCCC2)cc1. The van der Waals surface area contributed by atoms with Crippen LogP contribution in [0.3, 0.4) is 0 Å². The molecule has 1 heterocycles. The molecule has 1 aliphatic heterocycles. The van der Waals surface area contributed by atoms with Gasteiger partial charge in [0.1, 0.15) is 0 Å². The van der Waals surface area contributed by atoms with Crippen LogP contribution in [0.4, 0.5) is 0 Å². The Hall–Kier alpha value is -1.88. The third-order valence-corrected chi connectivity index (χ3v) is 3.77. The summed E-state index contributed by atoms with van der Waals surface area (Å²) in [5.74, 6) is -0.109. The zero-order valence-corrected chi connectivity index (χ0v) is 12.3. The predicted molar refractivity (Wildman–Crippen MR) is 81.5 cm³/mol. The molecule has 114 valence electrons. The Morgan fingerprint density at radius 1 is 1.05 bits per heavy atom. The molecule has 0 radical (unpaired) electrons. The summed E-state index contributed by atoms with van der Waals surface area (Å²) in [6.07, 6.45) is 3.60. The first-order chi connectivity index (χ1) is 10.2. The van der Waals surface area contributed by atoms with Crippen LogP contribution in [0.15, 0.2) is 24.3 Å². The lowest BCUT2D eigenvalue weighted by Crippen LogP contribution is -2.42. The van der Waals surface area contributed by atoms with Crippen LogP contribution in [0.1, 0.15) is 30.4 Å². The maximum Gasteiger partial charge on any atom is 0.241 e. The second-order valence-electron chi connectivity index (χ2n) is 5.42. The maximum absolute atomic E-state index is 11.9. The van der Waals surface area contributed by atoms with E-state index >= 15 is 0 Å². The van der Waals surface area contributed by atoms with Crippen molar-refractivity contribution in [2.24, 2.45) is 5.73 Å². The Morgan fingerprint density at radius 2 is 1.67 bits per heavy atom. The summed E-state index contributed by atoms with van der Waals surface area (Å²) >= 11 is 0. The quantitative estimate of drug-likeness (QED) is 0.842. The van der Waals surface area contributed by atoms with E-state index in [1.54, 1.807) is 0 Å². The molecule has 2 amide bonds. The monoisotopic (exact) mass is 289 g/mol. The number of carbonyl (C=O) groups is 2. The number of likely N-dealkylation sites (tertiary alicyclic amines) is 1. The van der Waals surface area contributed by atoms with Gasteiger partial charge >= 0.3 is 0 Å². The lowest BCUT2D eigenvalue weighted by molar-refractivity contribution is -0.133. The minimum Gasteiger partial charge on any atom is -0.347 e. The Labute approximate surface area is 125 Å². The standard InChI is InChI=1S/C16H23N3O2/c17-11-14-6-4-13(5-7-14)10-15(20)18-12-16(21)19-8-2-1-3-9-19/h4-7H,1-3,8-12,17H2,(H,18,20). The minimum atomic E-state index is -0.124. The molecule has 5 heteroatoms. The molecule has 1 aromatic carbocycles. The normalized spacial score (nSPS) is 14.8. The number of hydrogen-bond donors (Lipinski definition) is 2. The number of rotatable bonds is 5. The molecule has 0 unspecified atom stereocenters. The fraction of sp³-hybridized carbons (Fsp3) is 0.500. The van der Waals surface area contributed by atoms with Crippen LogP contribution < -0.4 is 11.1 Å². The highest BCUT2D eigenvalue weighted by Gasteiger charge is 2.16. The molecule has 0 saturated carbocycles. The molecule has 1 saturated heterocycles. The van der Waals surface area contributed by atoms with Crippen molar-refractivity contribution in [3.8, 4) is 0 Å². The number of hydrogen-bond acceptors (Lipinski definition) is 3. The van der Waals surface area contributed by atoms with Gasteiger partial charge in [-0.05, 0) is 30.4 Å². The number of benzene rings is 1. The van der Waals surface area contributed by atoms with Gasteiger partial charge in [0.2, 0.25) is 11.8 Å². The molecule has 21 heavy (non-hydrogen) atoms. The van der Waals surface area contributed by atoms with Crippen molar-refractivity contribution in [2.75, 3.05) is 19.6 Å². The predicted octanol–water partition coefficient (Wildman–Crippen LogP) is 0.816. The van der Waals surface area contributed by atoms with E-state index in [0.29, 0.717) is 6.54 Å². The molecular weight excluding hydrogens is 266 g/mol. The van der Waals surface area contributed by atoms with Crippen LogP contribution >= 0.6 is 0 Å². The molecule has 0 aliphatic carbocycles. The van der Waals surface area contributed by atoms with Crippen molar-refractivity contribution in [2.45, 2.75) is 32.2 Å². The van der Waals surface area contributed by atoms with Crippen LogP contribution in [0.2, 0.25) is 0 Å². The summed E-state index contributed by atoms with van der Waals surface area (Å²) < 4.78 is 0. The number of nitrogens with one attached hydrogen (secondary N) is 1. The smallest absolute Gasteiger partial charge is 0.241 e. The number of nitrogens with zero attached hydrogens (tertiary/aromatic N) is 1. The third kappa shape index (κ3) is 4.86. The first-order valence-corrected chi connectivity index (χ1v) is 7.51. The molecule has 0 atom stereocenters. The molecule has 1 fully saturated rings. The summed E-state index contributed by atoms with van der Waals surface area (Å²) in [7, 11) is 0. The highest BCUT2D eigenvalue weighted by Crippen LogP contribution is 2.08. The van der Waals surface area contributed by atoms with Crippen LogP contribution in [-0.2, 0) is 22.6 Å². The van der Waals surface area contributed by atoms with E-state index in [0.717, 1.165) is 37.1 Å². The van der Waals surface area contributed by atoms with Crippen molar-refractivity contribution in [3.63, 3.8) is 0 Å². The molecule has 0 bridgehead atoms. The summed E-state index contributed by atoms with van der Waals surface area (Å²) in [4.78, 5) is 25.6. The highest BCUT2D eigenvalue weighted by molar-refractivity contribution is 5.85. The van der Waals surface area contributed by atoms with E-state index in [9.17, 15) is 9.59 Å². The van der Waals surface area contributed by atoms with Gasteiger partial charge < -0.3 is 16.0 Å². The Balaban J connectivity index is 1.74. The van der Waals surface area contributed by atoms with E-state index in [2.05, 4.69) is 5.32 Å². The van der Waals surface area contributed by atoms with Gasteiger partial charge in [-0.3, -0.25) is 9.59 Å². The van der Waals surface area contributed by atoms with Crippen LogP contribution in [0.25, 0.3) is 0 Å². The Kier molecular flexibility index (Phi) is 5.75. The second kappa shape index (κ2) is 7.78. The van der Waals surface area contributed by atoms with Gasteiger partial charge in [0.05, 0.1) is 13.0 Å². The van der Waals surface area contributed by atoms with Gasteiger partial charge in [-0.1, -0.05) is 24.3 Å². The van der Waals surface area contributed by atoms with Crippen molar-refractivity contribution in [3.05, 3.63) is 35.4 Å². The molecule has 1 aliphatic rings. The number of nitrogens with two attached hydrogens (primary N) is 1. The van der Waals surface area contributed by atoms with Gasteiger partial charge in [0, 0.05) is 19.6 Å². The van der Waals surface area contributed by atoms with Crippen molar-refractivity contribution < 1.29 is 9.59 Å². The minimum absolute atomic E-state index is 0.0153. The first kappa shape index (κ1) is 15.5. The zero-order chi connectivity index (χ0) is 15.1. The highest BCUT2D eigenvalue weighted by atomic mass is 16.2. The topological polar surface area (TPSA) is 75.4 Å². The number of amides is 2. The van der Waals surface area contributed by atoms with Crippen molar-refractivity contribution >= 4 is 11.8 Å². The largest absolute Gasteiger partial charge is 0.347 e. The fourth-order valence-corrected chi connectivity index (χ4v) is 2.47. The molecule has 2 rings (SSSR count). The molecule has 1 aromatic rings. The average Bonchev–Trinajstić information content (AvgIpc) is 2.54. The van der Waals surface area contributed by atoms with Crippen LogP contribution in [-0.4, -0.2) is 36.3 Å². The Bertz CT molecular complexity index is 479. The number of piperidine rings is 1. The molecule has 0 aromatic heterocycles. The molecular formula is C16H23N3O2. The van der Waals surface area contributed by atoms with Gasteiger partial charge in [0.15, 0.2) is 0 Å².